The largest absolute Gasteiger partial charge is 0.387 e. The lowest BCUT2D eigenvalue weighted by atomic mass is 9.36. The van der Waals surface area contributed by atoms with Crippen molar-refractivity contribution in [2.75, 3.05) is 6.61 Å². The van der Waals surface area contributed by atoms with Gasteiger partial charge in [-0.05, 0) is 49.1 Å². The fourth-order valence-corrected chi connectivity index (χ4v) is 8.66. The van der Waals surface area contributed by atoms with Crippen molar-refractivity contribution in [2.45, 2.75) is 70.4 Å². The van der Waals surface area contributed by atoms with Crippen LogP contribution in [-0.2, 0) is 19.0 Å². The molecular weight excluding hydrogens is 398 g/mol. The maximum Gasteiger partial charge on any atom is 0.213 e. The van der Waals surface area contributed by atoms with E-state index in [1.165, 1.54) is 0 Å². The van der Waals surface area contributed by atoms with Crippen LogP contribution in [0.5, 0.6) is 0 Å². The summed E-state index contributed by atoms with van der Waals surface area (Å²) in [7, 11) is 0. The van der Waals surface area contributed by atoms with Gasteiger partial charge in [0.25, 0.3) is 0 Å². The Bertz CT molecular complexity index is 999. The monoisotopic (exact) mass is 427 g/mol. The van der Waals surface area contributed by atoms with Crippen molar-refractivity contribution < 1.29 is 24.1 Å². The molecule has 3 spiro atoms. The molecule has 0 aromatic rings. The average Bonchev–Trinajstić information content (AvgIpc) is 2.80. The fraction of sp³-hybridized carbons (Fsp3) is 0.783. The van der Waals surface area contributed by atoms with Crippen molar-refractivity contribution in [1.29, 1.82) is 0 Å². The lowest BCUT2D eigenvalue weighted by Crippen LogP contribution is -2.88. The predicted octanol–water partition coefficient (Wildman–Crippen LogP) is 3.27. The first kappa shape index (κ1) is 19.9. The fourth-order valence-electron chi connectivity index (χ4n) is 8.66. The van der Waals surface area contributed by atoms with Crippen LogP contribution in [0.2, 0.25) is 0 Å². The number of aliphatic hydroxyl groups is 1. The Hall–Kier alpha value is -1.70. The van der Waals surface area contributed by atoms with E-state index in [1.807, 2.05) is 26.0 Å². The summed E-state index contributed by atoms with van der Waals surface area (Å²) in [4.78, 5) is 17.2. The maximum atomic E-state index is 14.0. The molecule has 4 aliphatic carbocycles. The molecular formula is C23H29N3O5. The molecule has 1 N–H and O–H groups in total. The number of Topliss-reactive ketones (excluding diaryl/α,β-unsaturated/α-hetero) is 1. The van der Waals surface area contributed by atoms with Gasteiger partial charge in [-0.25, -0.2) is 0 Å². The number of aliphatic hydroxyl groups excluding tert-OH is 1. The van der Waals surface area contributed by atoms with Gasteiger partial charge < -0.3 is 19.3 Å². The molecule has 7 aliphatic rings. The average molecular weight is 428 g/mol. The zero-order chi connectivity index (χ0) is 22.2. The Labute approximate surface area is 181 Å². The topological polar surface area (TPSA) is 114 Å². The molecule has 0 amide bonds. The second-order valence-corrected chi connectivity index (χ2v) is 11.3. The first-order valence-electron chi connectivity index (χ1n) is 11.2. The number of ether oxygens (including phenoxy) is 3. The van der Waals surface area contributed by atoms with Gasteiger partial charge >= 0.3 is 0 Å². The summed E-state index contributed by atoms with van der Waals surface area (Å²) in [6.07, 6.45) is 3.90. The number of hydrogen-bond acceptors (Lipinski definition) is 6. The van der Waals surface area contributed by atoms with Gasteiger partial charge in [0.15, 0.2) is 11.6 Å². The van der Waals surface area contributed by atoms with E-state index in [2.05, 4.69) is 30.5 Å². The second kappa shape index (κ2) is 5.43. The third kappa shape index (κ3) is 1.83. The zero-order valence-corrected chi connectivity index (χ0v) is 18.4. The van der Waals surface area contributed by atoms with Crippen LogP contribution in [-0.4, -0.2) is 47.3 Å². The molecule has 7 rings (SSSR count). The smallest absolute Gasteiger partial charge is 0.213 e. The molecule has 0 unspecified atom stereocenters. The molecule has 6 fully saturated rings. The van der Waals surface area contributed by atoms with Gasteiger partial charge in [0, 0.05) is 22.2 Å². The Kier molecular flexibility index (Phi) is 3.50. The standard InChI is InChI=1S/C23H29N3O5/c1-11-12-6-7-13-21-10-29-23(22(13,16(11)27)18(12)30-20(4,5)31-23)17(28)15(21)19(2,3)9-8-14(21)25-26-24/h8-9,12-15,17-18,28H,1,6-7,10H2,2-5H3/t12-,13-,14-,15+,17-,18+,21+,22-,23-/m0/s1. The van der Waals surface area contributed by atoms with E-state index >= 15 is 0 Å². The van der Waals surface area contributed by atoms with E-state index in [9.17, 15) is 15.4 Å². The number of fused-ring (bicyclic) bond motifs is 1. The van der Waals surface area contributed by atoms with Crippen LogP contribution in [0.1, 0.15) is 40.5 Å². The summed E-state index contributed by atoms with van der Waals surface area (Å²) < 4.78 is 19.4. The summed E-state index contributed by atoms with van der Waals surface area (Å²) in [5, 5.41) is 16.2. The predicted molar refractivity (Wildman–Crippen MR) is 109 cm³/mol. The highest BCUT2D eigenvalue weighted by atomic mass is 16.8. The zero-order valence-electron chi connectivity index (χ0n) is 18.4. The van der Waals surface area contributed by atoms with Crippen LogP contribution in [0.3, 0.4) is 0 Å². The van der Waals surface area contributed by atoms with E-state index < -0.39 is 46.1 Å². The number of carbonyl (C=O) groups is 1. The Balaban J connectivity index is 1.70. The highest BCUT2D eigenvalue weighted by Gasteiger charge is 2.89. The van der Waals surface area contributed by atoms with Gasteiger partial charge in [-0.15, -0.1) is 0 Å². The van der Waals surface area contributed by atoms with Crippen LogP contribution < -0.4 is 0 Å². The quantitative estimate of drug-likeness (QED) is 0.227. The summed E-state index contributed by atoms with van der Waals surface area (Å²) in [5.74, 6) is -3.32. The molecule has 166 valence electrons. The van der Waals surface area contributed by atoms with E-state index in [1.54, 1.807) is 0 Å². The minimum Gasteiger partial charge on any atom is -0.387 e. The number of rotatable bonds is 1. The van der Waals surface area contributed by atoms with Crippen LogP contribution in [0.15, 0.2) is 29.4 Å². The van der Waals surface area contributed by atoms with Crippen molar-refractivity contribution in [3.05, 3.63) is 34.7 Å². The van der Waals surface area contributed by atoms with Crippen LogP contribution in [0, 0.1) is 34.0 Å². The normalized spacial score (nSPS) is 54.7. The molecule has 8 nitrogen and oxygen atoms in total. The first-order valence-corrected chi connectivity index (χ1v) is 11.2. The minimum absolute atomic E-state index is 0.121. The molecule has 9 atom stereocenters. The van der Waals surface area contributed by atoms with Gasteiger partial charge in [0.05, 0.1) is 18.8 Å². The molecule has 3 saturated carbocycles. The summed E-state index contributed by atoms with van der Waals surface area (Å²) in [5.41, 5.74) is 7.57. The molecule has 3 saturated heterocycles. The van der Waals surface area contributed by atoms with E-state index in [0.29, 0.717) is 5.57 Å². The van der Waals surface area contributed by atoms with Crippen molar-refractivity contribution in [3.63, 3.8) is 0 Å². The molecule has 0 aromatic heterocycles. The van der Waals surface area contributed by atoms with E-state index in [0.717, 1.165) is 12.8 Å². The Morgan fingerprint density at radius 1 is 1.29 bits per heavy atom. The van der Waals surface area contributed by atoms with Crippen LogP contribution in [0.25, 0.3) is 10.4 Å². The van der Waals surface area contributed by atoms with Crippen molar-refractivity contribution in [3.8, 4) is 0 Å². The van der Waals surface area contributed by atoms with Gasteiger partial charge in [-0.3, -0.25) is 4.79 Å². The highest BCUT2D eigenvalue weighted by molar-refractivity contribution is 6.05. The lowest BCUT2D eigenvalue weighted by Gasteiger charge is -2.77. The van der Waals surface area contributed by atoms with Crippen LogP contribution in [0.4, 0.5) is 0 Å². The minimum atomic E-state index is -1.52. The van der Waals surface area contributed by atoms with E-state index in [4.69, 9.17) is 14.2 Å². The highest BCUT2D eigenvalue weighted by Crippen LogP contribution is 2.78. The van der Waals surface area contributed by atoms with Crippen molar-refractivity contribution >= 4 is 5.78 Å². The summed E-state index contributed by atoms with van der Waals surface area (Å²) >= 11 is 0. The van der Waals surface area contributed by atoms with Gasteiger partial charge in [-0.1, -0.05) is 37.7 Å². The van der Waals surface area contributed by atoms with Crippen molar-refractivity contribution in [2.24, 2.45) is 39.1 Å². The molecule has 3 heterocycles. The molecule has 31 heavy (non-hydrogen) atoms. The third-order valence-corrected chi connectivity index (χ3v) is 9.34. The molecule has 4 bridgehead atoms. The third-order valence-electron chi connectivity index (χ3n) is 9.34. The van der Waals surface area contributed by atoms with Gasteiger partial charge in [0.1, 0.15) is 11.5 Å². The number of nitrogens with zero attached hydrogens (tertiary/aromatic N) is 3. The molecule has 0 radical (unpaired) electrons. The molecule has 3 aliphatic heterocycles. The number of azide groups is 1. The Morgan fingerprint density at radius 3 is 2.74 bits per heavy atom. The van der Waals surface area contributed by atoms with Gasteiger partial charge in [-0.2, -0.15) is 0 Å². The Morgan fingerprint density at radius 2 is 2.03 bits per heavy atom. The summed E-state index contributed by atoms with van der Waals surface area (Å²) in [6, 6.07) is -0.531. The number of allylic oxidation sites excluding steroid dienone is 1. The first-order chi connectivity index (χ1) is 14.5. The number of carbonyl (C=O) groups excluding carboxylic acids is 1. The number of hydrogen-bond donors (Lipinski definition) is 1. The number of ketones is 1. The molecule has 0 aromatic carbocycles. The maximum absolute atomic E-state index is 14.0. The van der Waals surface area contributed by atoms with E-state index in [-0.39, 0.29) is 30.1 Å². The van der Waals surface area contributed by atoms with Crippen LogP contribution >= 0.6 is 0 Å². The lowest BCUT2D eigenvalue weighted by molar-refractivity contribution is -0.528. The van der Waals surface area contributed by atoms with Gasteiger partial charge in [0.2, 0.25) is 5.79 Å². The summed E-state index contributed by atoms with van der Waals surface area (Å²) in [6.45, 7) is 12.2. The SMILES string of the molecule is C=C1C(=O)[C@@]23[C@@H]4OC(C)(C)O[C@]25OC[C@]2([C@@H](N=[N+]=[N-])C=CC(C)(C)[C@H]2[C@@H]5O)[C@@H]3CC[C@@H]14. The second-order valence-electron chi connectivity index (χ2n) is 11.3. The molecule has 8 heteroatoms. The van der Waals surface area contributed by atoms with Crippen molar-refractivity contribution in [1.82, 2.24) is 0 Å².